The van der Waals surface area contributed by atoms with Gasteiger partial charge < -0.3 is 0 Å². The van der Waals surface area contributed by atoms with Gasteiger partial charge in [0.15, 0.2) is 0 Å². The predicted octanol–water partition coefficient (Wildman–Crippen LogP) is 2.39. The van der Waals surface area contributed by atoms with Gasteiger partial charge in [0.1, 0.15) is 6.07 Å². The highest BCUT2D eigenvalue weighted by Crippen LogP contribution is 2.18. The van der Waals surface area contributed by atoms with Crippen molar-refractivity contribution in [1.82, 2.24) is 0 Å². The van der Waals surface area contributed by atoms with E-state index in [1.807, 2.05) is 12.1 Å². The summed E-state index contributed by atoms with van der Waals surface area (Å²) in [6, 6.07) is 7.84. The van der Waals surface area contributed by atoms with Gasteiger partial charge in [-0.2, -0.15) is 10.5 Å². The normalized spacial score (nSPS) is 9.62. The second-order valence-electron chi connectivity index (χ2n) is 2.91. The Morgan fingerprint density at radius 2 is 2.19 bits per heavy atom. The molecule has 78 valence electrons. The smallest absolute Gasteiger partial charge is 0.258 e. The molecule has 0 unspecified atom stereocenters. The zero-order valence-corrected chi connectivity index (χ0v) is 8.25. The Kier molecular flexibility index (Phi) is 3.77. The number of hydrogen-bond donors (Lipinski definition) is 0. The maximum Gasteiger partial charge on any atom is 0.270 e. The number of hydrogen-bond acceptors (Lipinski definition) is 4. The molecule has 0 N–H and O–H groups in total. The number of rotatable bonds is 3. The lowest BCUT2D eigenvalue weighted by molar-refractivity contribution is -0.384. The van der Waals surface area contributed by atoms with Gasteiger partial charge in [-0.3, -0.25) is 10.1 Å². The standard InChI is InChI=1S/C11H7N3O2/c12-6-2-1-3-9-4-5-11(14(15)16)7-10(9)8-13/h1,3-5,7H,2H2. The molecule has 1 aromatic carbocycles. The Morgan fingerprint density at radius 1 is 1.44 bits per heavy atom. The molecule has 1 rings (SSSR count). The molecule has 0 amide bonds. The van der Waals surface area contributed by atoms with Crippen LogP contribution in [0.25, 0.3) is 6.08 Å². The van der Waals surface area contributed by atoms with E-state index in [4.69, 9.17) is 10.5 Å². The molecule has 0 atom stereocenters. The molecule has 0 fully saturated rings. The minimum atomic E-state index is -0.552. The van der Waals surface area contributed by atoms with E-state index in [0.717, 1.165) is 0 Å². The van der Waals surface area contributed by atoms with Gasteiger partial charge in [0, 0.05) is 12.1 Å². The van der Waals surface area contributed by atoms with Gasteiger partial charge >= 0.3 is 0 Å². The van der Waals surface area contributed by atoms with Crippen molar-refractivity contribution in [2.24, 2.45) is 0 Å². The van der Waals surface area contributed by atoms with Crippen molar-refractivity contribution in [3.63, 3.8) is 0 Å². The van der Waals surface area contributed by atoms with Gasteiger partial charge in [0.25, 0.3) is 5.69 Å². The zero-order chi connectivity index (χ0) is 12.0. The molecule has 0 saturated heterocycles. The zero-order valence-electron chi connectivity index (χ0n) is 8.25. The molecular formula is C11H7N3O2. The second kappa shape index (κ2) is 5.28. The van der Waals surface area contributed by atoms with Crippen LogP contribution in [-0.4, -0.2) is 4.92 Å². The van der Waals surface area contributed by atoms with Gasteiger partial charge in [0.2, 0.25) is 0 Å². The molecule has 0 aliphatic heterocycles. The Bertz CT molecular complexity index is 521. The minimum Gasteiger partial charge on any atom is -0.258 e. The molecular weight excluding hydrogens is 206 g/mol. The fraction of sp³-hybridized carbons (Fsp3) is 0.0909. The molecule has 1 aromatic rings. The number of nitro benzene ring substituents is 1. The topological polar surface area (TPSA) is 90.7 Å². The van der Waals surface area contributed by atoms with E-state index in [0.29, 0.717) is 5.56 Å². The molecule has 0 aliphatic carbocycles. The van der Waals surface area contributed by atoms with Crippen molar-refractivity contribution in [2.45, 2.75) is 6.42 Å². The lowest BCUT2D eigenvalue weighted by Crippen LogP contribution is -1.90. The third-order valence-corrected chi connectivity index (χ3v) is 1.87. The van der Waals surface area contributed by atoms with Crippen LogP contribution < -0.4 is 0 Å². The van der Waals surface area contributed by atoms with Crippen LogP contribution in [0.1, 0.15) is 17.5 Å². The first-order chi connectivity index (χ1) is 7.69. The number of allylic oxidation sites excluding steroid dienone is 1. The molecule has 0 heterocycles. The predicted molar refractivity (Wildman–Crippen MR) is 57.1 cm³/mol. The maximum atomic E-state index is 10.5. The summed E-state index contributed by atoms with van der Waals surface area (Å²) in [6.07, 6.45) is 3.44. The summed E-state index contributed by atoms with van der Waals surface area (Å²) in [5, 5.41) is 27.6. The molecule has 16 heavy (non-hydrogen) atoms. The van der Waals surface area contributed by atoms with E-state index < -0.39 is 4.92 Å². The first-order valence-electron chi connectivity index (χ1n) is 4.41. The van der Waals surface area contributed by atoms with Crippen molar-refractivity contribution in [3.8, 4) is 12.1 Å². The average Bonchev–Trinajstić information content (AvgIpc) is 2.29. The van der Waals surface area contributed by atoms with Gasteiger partial charge in [0.05, 0.1) is 23.0 Å². The number of nitro groups is 1. The number of nitrogens with zero attached hydrogens (tertiary/aromatic N) is 3. The fourth-order valence-electron chi connectivity index (χ4n) is 1.14. The Morgan fingerprint density at radius 3 is 2.75 bits per heavy atom. The van der Waals surface area contributed by atoms with E-state index in [1.54, 1.807) is 12.2 Å². The first-order valence-corrected chi connectivity index (χ1v) is 4.41. The highest BCUT2D eigenvalue weighted by Gasteiger charge is 2.08. The summed E-state index contributed by atoms with van der Waals surface area (Å²) in [5.74, 6) is 0. The molecule has 5 heteroatoms. The fourth-order valence-corrected chi connectivity index (χ4v) is 1.14. The van der Waals surface area contributed by atoms with Crippen LogP contribution >= 0.6 is 0 Å². The average molecular weight is 213 g/mol. The lowest BCUT2D eigenvalue weighted by atomic mass is 10.1. The third-order valence-electron chi connectivity index (χ3n) is 1.87. The van der Waals surface area contributed by atoms with E-state index in [1.165, 1.54) is 18.2 Å². The van der Waals surface area contributed by atoms with E-state index in [9.17, 15) is 10.1 Å². The quantitative estimate of drug-likeness (QED) is 0.569. The van der Waals surface area contributed by atoms with Crippen LogP contribution in [-0.2, 0) is 0 Å². The molecule has 5 nitrogen and oxygen atoms in total. The monoisotopic (exact) mass is 213 g/mol. The molecule has 0 aromatic heterocycles. The molecule has 0 bridgehead atoms. The largest absolute Gasteiger partial charge is 0.270 e. The number of benzene rings is 1. The summed E-state index contributed by atoms with van der Waals surface area (Å²) >= 11 is 0. The SMILES string of the molecule is N#CCC=Cc1ccc([N+](=O)[O-])cc1C#N. The van der Waals surface area contributed by atoms with Crippen molar-refractivity contribution in [2.75, 3.05) is 0 Å². The molecule has 0 saturated carbocycles. The van der Waals surface area contributed by atoms with Crippen molar-refractivity contribution in [3.05, 3.63) is 45.5 Å². The van der Waals surface area contributed by atoms with Crippen LogP contribution in [0.2, 0.25) is 0 Å². The van der Waals surface area contributed by atoms with Gasteiger partial charge in [-0.05, 0) is 11.6 Å². The maximum absolute atomic E-state index is 10.5. The van der Waals surface area contributed by atoms with Crippen LogP contribution in [0.3, 0.4) is 0 Å². The van der Waals surface area contributed by atoms with Crippen LogP contribution in [0.5, 0.6) is 0 Å². The van der Waals surface area contributed by atoms with Crippen LogP contribution in [0, 0.1) is 32.8 Å². The molecule has 0 aliphatic rings. The van der Waals surface area contributed by atoms with Gasteiger partial charge in [-0.15, -0.1) is 0 Å². The summed E-state index contributed by atoms with van der Waals surface area (Å²) in [4.78, 5) is 9.92. The summed E-state index contributed by atoms with van der Waals surface area (Å²) < 4.78 is 0. The van der Waals surface area contributed by atoms with E-state index in [-0.39, 0.29) is 17.7 Å². The van der Waals surface area contributed by atoms with Gasteiger partial charge in [-0.25, -0.2) is 0 Å². The van der Waals surface area contributed by atoms with Crippen LogP contribution in [0.15, 0.2) is 24.3 Å². The highest BCUT2D eigenvalue weighted by molar-refractivity contribution is 5.61. The highest BCUT2D eigenvalue weighted by atomic mass is 16.6. The molecule has 0 spiro atoms. The Hall–Kier alpha value is -2.66. The summed E-state index contributed by atoms with van der Waals surface area (Å²) in [6.45, 7) is 0. The van der Waals surface area contributed by atoms with Crippen molar-refractivity contribution >= 4 is 11.8 Å². The Labute approximate surface area is 92.0 Å². The summed E-state index contributed by atoms with van der Waals surface area (Å²) in [7, 11) is 0. The molecule has 0 radical (unpaired) electrons. The van der Waals surface area contributed by atoms with E-state index in [2.05, 4.69) is 0 Å². The Balaban J connectivity index is 3.09. The number of non-ortho nitro benzene ring substituents is 1. The summed E-state index contributed by atoms with van der Waals surface area (Å²) in [5.41, 5.74) is 0.681. The van der Waals surface area contributed by atoms with E-state index >= 15 is 0 Å². The van der Waals surface area contributed by atoms with Crippen LogP contribution in [0.4, 0.5) is 5.69 Å². The number of nitriles is 2. The second-order valence-corrected chi connectivity index (χ2v) is 2.91. The van der Waals surface area contributed by atoms with Crippen molar-refractivity contribution < 1.29 is 4.92 Å². The van der Waals surface area contributed by atoms with Gasteiger partial charge in [-0.1, -0.05) is 12.2 Å². The minimum absolute atomic E-state index is 0.117. The lowest BCUT2D eigenvalue weighted by Gasteiger charge is -1.97. The third kappa shape index (κ3) is 2.66. The van der Waals surface area contributed by atoms with Crippen molar-refractivity contribution in [1.29, 1.82) is 10.5 Å². The first kappa shape index (κ1) is 11.4.